The van der Waals surface area contributed by atoms with Crippen LogP contribution in [-0.4, -0.2) is 15.6 Å². The third-order valence-electron chi connectivity index (χ3n) is 4.64. The van der Waals surface area contributed by atoms with Crippen LogP contribution in [0.1, 0.15) is 21.6 Å². The summed E-state index contributed by atoms with van der Waals surface area (Å²) in [5.41, 5.74) is 4.33. The van der Waals surface area contributed by atoms with E-state index in [1.165, 1.54) is 0 Å². The number of benzene rings is 2. The molecule has 1 amide bonds. The van der Waals surface area contributed by atoms with Crippen molar-refractivity contribution in [2.24, 2.45) is 7.05 Å². The summed E-state index contributed by atoms with van der Waals surface area (Å²) in [6.45, 7) is 2.29. The molecule has 4 aromatic rings. The highest BCUT2D eigenvalue weighted by Crippen LogP contribution is 2.26. The minimum absolute atomic E-state index is 0.151. The summed E-state index contributed by atoms with van der Waals surface area (Å²) in [6, 6.07) is 16.4. The molecule has 2 N–H and O–H groups in total. The maximum atomic E-state index is 12.9. The van der Waals surface area contributed by atoms with Crippen LogP contribution in [-0.2, 0) is 13.7 Å². The number of hydrogen-bond acceptors (Lipinski definition) is 4. The molecule has 0 atom stereocenters. The maximum absolute atomic E-state index is 12.9. The summed E-state index contributed by atoms with van der Waals surface area (Å²) < 4.78 is 8.81. The number of amides is 1. The number of ether oxygens (including phenoxy) is 1. The average molecular weight is 392 g/mol. The normalized spacial score (nSPS) is 10.9. The van der Waals surface area contributed by atoms with Crippen LogP contribution in [0.2, 0.25) is 0 Å². The number of carbonyl (C=O) groups is 1. The van der Waals surface area contributed by atoms with Gasteiger partial charge in [-0.25, -0.2) is 0 Å². The Morgan fingerprint density at radius 2 is 1.93 bits per heavy atom. The number of aromatic nitrogens is 1. The van der Waals surface area contributed by atoms with Crippen LogP contribution < -0.4 is 10.1 Å². The van der Waals surface area contributed by atoms with Crippen molar-refractivity contribution in [3.05, 3.63) is 76.8 Å². The fourth-order valence-electron chi connectivity index (χ4n) is 3.09. The molecule has 0 aliphatic rings. The van der Waals surface area contributed by atoms with Gasteiger partial charge in [0, 0.05) is 18.3 Å². The molecule has 0 fully saturated rings. The fourth-order valence-corrected chi connectivity index (χ4v) is 3.94. The molecule has 6 heteroatoms. The van der Waals surface area contributed by atoms with Gasteiger partial charge in [0.2, 0.25) is 0 Å². The first-order chi connectivity index (χ1) is 13.5. The summed E-state index contributed by atoms with van der Waals surface area (Å²) in [5.74, 6) is 0.693. The van der Waals surface area contributed by atoms with Crippen LogP contribution >= 0.6 is 11.3 Å². The zero-order valence-electron chi connectivity index (χ0n) is 15.6. The fraction of sp³-hybridized carbons (Fsp3) is 0.136. The molecule has 0 saturated carbocycles. The number of rotatable bonds is 5. The van der Waals surface area contributed by atoms with E-state index < -0.39 is 0 Å². The van der Waals surface area contributed by atoms with E-state index in [9.17, 15) is 9.90 Å². The van der Waals surface area contributed by atoms with E-state index in [1.54, 1.807) is 35.6 Å². The average Bonchev–Trinajstić information content (AvgIpc) is 3.25. The monoisotopic (exact) mass is 392 g/mol. The largest absolute Gasteiger partial charge is 0.508 e. The van der Waals surface area contributed by atoms with E-state index >= 15 is 0 Å². The van der Waals surface area contributed by atoms with Crippen LogP contribution in [0.25, 0.3) is 10.2 Å². The second kappa shape index (κ2) is 7.40. The van der Waals surface area contributed by atoms with Gasteiger partial charge < -0.3 is 19.7 Å². The predicted molar refractivity (Wildman–Crippen MR) is 112 cm³/mol. The van der Waals surface area contributed by atoms with Gasteiger partial charge in [-0.1, -0.05) is 12.1 Å². The summed E-state index contributed by atoms with van der Waals surface area (Å²) in [6.07, 6.45) is 0. The van der Waals surface area contributed by atoms with Crippen molar-refractivity contribution in [1.82, 2.24) is 4.57 Å². The van der Waals surface area contributed by atoms with Gasteiger partial charge in [0.25, 0.3) is 5.91 Å². The third kappa shape index (κ3) is 3.59. The molecule has 0 unspecified atom stereocenters. The smallest absolute Gasteiger partial charge is 0.272 e. The minimum atomic E-state index is -0.151. The Balaban J connectivity index is 1.55. The number of aromatic hydroxyl groups is 1. The Bertz CT molecular complexity index is 1140. The van der Waals surface area contributed by atoms with Crippen LogP contribution in [0.4, 0.5) is 5.69 Å². The first-order valence-corrected chi connectivity index (χ1v) is 9.75. The lowest BCUT2D eigenvalue weighted by atomic mass is 10.1. The number of hydrogen-bond donors (Lipinski definition) is 2. The lowest BCUT2D eigenvalue weighted by Crippen LogP contribution is -2.17. The molecule has 5 nitrogen and oxygen atoms in total. The molecule has 4 rings (SSSR count). The molecular weight excluding hydrogens is 372 g/mol. The van der Waals surface area contributed by atoms with Gasteiger partial charge in [-0.2, -0.15) is 0 Å². The van der Waals surface area contributed by atoms with Crippen LogP contribution in [0.5, 0.6) is 11.5 Å². The van der Waals surface area contributed by atoms with Crippen molar-refractivity contribution in [2.45, 2.75) is 13.5 Å². The SMILES string of the molecule is Cc1ccc(COc2ccc(O)cc2)c(NC(=O)c2cc3sccc3n2C)c1. The van der Waals surface area contributed by atoms with Crippen molar-refractivity contribution in [3.63, 3.8) is 0 Å². The topological polar surface area (TPSA) is 63.5 Å². The van der Waals surface area contributed by atoms with E-state index in [-0.39, 0.29) is 11.7 Å². The summed E-state index contributed by atoms with van der Waals surface area (Å²) in [7, 11) is 1.90. The van der Waals surface area contributed by atoms with Crippen LogP contribution in [0, 0.1) is 6.92 Å². The van der Waals surface area contributed by atoms with Crippen molar-refractivity contribution in [1.29, 1.82) is 0 Å². The Morgan fingerprint density at radius 3 is 2.68 bits per heavy atom. The van der Waals surface area contributed by atoms with Gasteiger partial charge in [0.1, 0.15) is 23.8 Å². The Kier molecular flexibility index (Phi) is 4.79. The number of aryl methyl sites for hydroxylation is 2. The van der Waals surface area contributed by atoms with Crippen LogP contribution in [0.15, 0.2) is 60.0 Å². The molecule has 0 aliphatic carbocycles. The minimum Gasteiger partial charge on any atom is -0.508 e. The summed E-state index contributed by atoms with van der Waals surface area (Å²) in [4.78, 5) is 12.9. The van der Waals surface area contributed by atoms with E-state index in [4.69, 9.17) is 4.74 Å². The highest BCUT2D eigenvalue weighted by molar-refractivity contribution is 7.17. The number of phenolic OH excluding ortho intramolecular Hbond substituents is 1. The highest BCUT2D eigenvalue weighted by atomic mass is 32.1. The molecule has 2 aromatic carbocycles. The predicted octanol–water partition coefficient (Wildman–Crippen LogP) is 5.09. The van der Waals surface area contributed by atoms with Crippen molar-refractivity contribution < 1.29 is 14.6 Å². The number of phenols is 1. The Labute approximate surface area is 166 Å². The zero-order valence-corrected chi connectivity index (χ0v) is 16.4. The molecule has 0 aliphatic heterocycles. The van der Waals surface area contributed by atoms with Gasteiger partial charge in [-0.05, 0) is 60.3 Å². The third-order valence-corrected chi connectivity index (χ3v) is 5.49. The summed E-state index contributed by atoms with van der Waals surface area (Å²) in [5, 5.41) is 14.4. The van der Waals surface area contributed by atoms with E-state index in [1.807, 2.05) is 54.3 Å². The van der Waals surface area contributed by atoms with Gasteiger partial charge in [-0.3, -0.25) is 4.79 Å². The molecule has 0 spiro atoms. The zero-order chi connectivity index (χ0) is 19.7. The number of nitrogens with one attached hydrogen (secondary N) is 1. The van der Waals surface area contributed by atoms with E-state index in [0.717, 1.165) is 27.0 Å². The molecular formula is C22H20N2O3S. The molecule has 28 heavy (non-hydrogen) atoms. The van der Waals surface area contributed by atoms with Crippen molar-refractivity contribution in [3.8, 4) is 11.5 Å². The van der Waals surface area contributed by atoms with Crippen molar-refractivity contribution in [2.75, 3.05) is 5.32 Å². The second-order valence-electron chi connectivity index (χ2n) is 6.66. The molecule has 0 bridgehead atoms. The van der Waals surface area contributed by atoms with Crippen LogP contribution in [0.3, 0.4) is 0 Å². The van der Waals surface area contributed by atoms with E-state index in [2.05, 4.69) is 5.32 Å². The first-order valence-electron chi connectivity index (χ1n) is 8.87. The lowest BCUT2D eigenvalue weighted by Gasteiger charge is -2.14. The maximum Gasteiger partial charge on any atom is 0.272 e. The van der Waals surface area contributed by atoms with Gasteiger partial charge in [0.15, 0.2) is 0 Å². The molecule has 0 radical (unpaired) electrons. The van der Waals surface area contributed by atoms with Crippen molar-refractivity contribution >= 4 is 33.1 Å². The summed E-state index contributed by atoms with van der Waals surface area (Å²) >= 11 is 1.62. The molecule has 142 valence electrons. The molecule has 2 heterocycles. The number of carbonyl (C=O) groups excluding carboxylic acids is 1. The molecule has 0 saturated heterocycles. The second-order valence-corrected chi connectivity index (χ2v) is 7.60. The van der Waals surface area contributed by atoms with Gasteiger partial charge in [-0.15, -0.1) is 11.3 Å². The number of fused-ring (bicyclic) bond motifs is 1. The molecule has 2 aromatic heterocycles. The Hall–Kier alpha value is -3.25. The quantitative estimate of drug-likeness (QED) is 0.497. The number of thiophene rings is 1. The van der Waals surface area contributed by atoms with E-state index in [0.29, 0.717) is 18.1 Å². The first kappa shape index (κ1) is 18.1. The standard InChI is InChI=1S/C22H20N2O3S/c1-14-3-4-15(13-27-17-7-5-16(25)6-8-17)18(11-14)23-22(26)20-12-21-19(24(20)2)9-10-28-21/h3-12,25H,13H2,1-2H3,(H,23,26). The number of anilines is 1. The lowest BCUT2D eigenvalue weighted by molar-refractivity contribution is 0.101. The Morgan fingerprint density at radius 1 is 1.14 bits per heavy atom. The number of nitrogens with zero attached hydrogens (tertiary/aromatic N) is 1. The highest BCUT2D eigenvalue weighted by Gasteiger charge is 2.16. The van der Waals surface area contributed by atoms with Gasteiger partial charge in [0.05, 0.1) is 10.2 Å². The van der Waals surface area contributed by atoms with Gasteiger partial charge >= 0.3 is 0 Å².